The van der Waals surface area contributed by atoms with Gasteiger partial charge >= 0.3 is 0 Å². The smallest absolute Gasteiger partial charge is 0.237 e. The van der Waals surface area contributed by atoms with Crippen molar-refractivity contribution in [3.63, 3.8) is 0 Å². The minimum atomic E-state index is -3.52. The molecule has 1 saturated heterocycles. The second-order valence-electron chi connectivity index (χ2n) is 9.06. The number of anilines is 2. The van der Waals surface area contributed by atoms with Crippen LogP contribution in [0.15, 0.2) is 73.1 Å². The van der Waals surface area contributed by atoms with E-state index in [9.17, 15) is 12.8 Å². The third kappa shape index (κ3) is 4.77. The van der Waals surface area contributed by atoms with Gasteiger partial charge in [0, 0.05) is 12.7 Å². The van der Waals surface area contributed by atoms with Crippen LogP contribution in [0.4, 0.5) is 16.2 Å². The lowest BCUT2D eigenvalue weighted by Crippen LogP contribution is -2.24. The predicted octanol–water partition coefficient (Wildman–Crippen LogP) is 4.10. The fourth-order valence-electron chi connectivity index (χ4n) is 4.73. The van der Waals surface area contributed by atoms with Crippen molar-refractivity contribution < 1.29 is 12.8 Å². The van der Waals surface area contributed by atoms with Crippen LogP contribution in [0.3, 0.4) is 0 Å². The summed E-state index contributed by atoms with van der Waals surface area (Å²) in [6, 6.07) is 17.7. The summed E-state index contributed by atoms with van der Waals surface area (Å²) in [6.07, 6.45) is 6.12. The van der Waals surface area contributed by atoms with Gasteiger partial charge in [-0.2, -0.15) is 0 Å². The second kappa shape index (κ2) is 9.45. The highest BCUT2D eigenvalue weighted by molar-refractivity contribution is 7.91. The Bertz CT molecular complexity index is 1760. The maximum absolute atomic E-state index is 13.9. The standard InChI is InChI=1S/C26H23FN8O2S/c1-38(36,37)33-26-28-13-12-20(31-26)19-7-3-8-21(30-19)23-16-29-24-10-11-25(32-35(23)24)34-14-4-9-22(34)17-5-2-6-18(27)15-17/h2-3,5-8,10-13,15-16,22H,4,9,14H2,1H3,(H,28,31,33)/t22-/m1/s1. The Morgan fingerprint density at radius 2 is 1.79 bits per heavy atom. The van der Waals surface area contributed by atoms with Gasteiger partial charge in [0.1, 0.15) is 17.3 Å². The van der Waals surface area contributed by atoms with Gasteiger partial charge in [-0.05, 0) is 60.9 Å². The van der Waals surface area contributed by atoms with Gasteiger partial charge in [0.05, 0.1) is 35.6 Å². The van der Waals surface area contributed by atoms with Crippen LogP contribution in [0.2, 0.25) is 0 Å². The van der Waals surface area contributed by atoms with Crippen LogP contribution in [0, 0.1) is 5.82 Å². The number of pyridine rings is 1. The largest absolute Gasteiger partial charge is 0.348 e. The molecule has 1 atom stereocenters. The summed E-state index contributed by atoms with van der Waals surface area (Å²) in [5.41, 5.74) is 3.91. The zero-order valence-corrected chi connectivity index (χ0v) is 21.2. The lowest BCUT2D eigenvalue weighted by Gasteiger charge is -2.26. The van der Waals surface area contributed by atoms with Crippen molar-refractivity contribution >= 4 is 27.4 Å². The van der Waals surface area contributed by atoms with Crippen LogP contribution in [0.25, 0.3) is 28.4 Å². The molecular weight excluding hydrogens is 507 g/mol. The van der Waals surface area contributed by atoms with Crippen molar-refractivity contribution in [1.82, 2.24) is 29.5 Å². The number of imidazole rings is 1. The molecule has 0 aliphatic carbocycles. The van der Waals surface area contributed by atoms with Crippen LogP contribution in [-0.4, -0.2) is 50.8 Å². The number of rotatable bonds is 6. The molecule has 1 N–H and O–H groups in total. The Morgan fingerprint density at radius 1 is 0.974 bits per heavy atom. The molecule has 192 valence electrons. The lowest BCUT2D eigenvalue weighted by molar-refractivity contribution is 0.606. The number of fused-ring (bicyclic) bond motifs is 1. The average molecular weight is 531 g/mol. The number of benzene rings is 1. The van der Waals surface area contributed by atoms with Crippen molar-refractivity contribution in [2.45, 2.75) is 18.9 Å². The Balaban J connectivity index is 1.35. The van der Waals surface area contributed by atoms with Crippen molar-refractivity contribution in [3.8, 4) is 22.8 Å². The summed E-state index contributed by atoms with van der Waals surface area (Å²) < 4.78 is 41.1. The van der Waals surface area contributed by atoms with E-state index < -0.39 is 10.0 Å². The highest BCUT2D eigenvalue weighted by Crippen LogP contribution is 2.35. The van der Waals surface area contributed by atoms with Gasteiger partial charge in [0.25, 0.3) is 0 Å². The molecular formula is C26H23FN8O2S. The number of hydrogen-bond donors (Lipinski definition) is 1. The Hall–Kier alpha value is -4.45. The van der Waals surface area contributed by atoms with E-state index >= 15 is 0 Å². The summed E-state index contributed by atoms with van der Waals surface area (Å²) in [4.78, 5) is 19.7. The van der Waals surface area contributed by atoms with E-state index in [1.165, 1.54) is 12.3 Å². The minimum Gasteiger partial charge on any atom is -0.348 e. The Morgan fingerprint density at radius 3 is 2.63 bits per heavy atom. The molecule has 0 spiro atoms. The molecule has 0 saturated carbocycles. The van der Waals surface area contributed by atoms with E-state index in [1.54, 1.807) is 35.0 Å². The molecule has 4 aromatic heterocycles. The number of sulfonamides is 1. The van der Waals surface area contributed by atoms with Gasteiger partial charge in [-0.3, -0.25) is 4.72 Å². The van der Waals surface area contributed by atoms with E-state index in [4.69, 9.17) is 10.1 Å². The summed E-state index contributed by atoms with van der Waals surface area (Å²) in [5, 5.41) is 4.89. The molecule has 6 rings (SSSR count). The maximum atomic E-state index is 13.9. The fraction of sp³-hybridized carbons (Fsp3) is 0.192. The first-order valence-electron chi connectivity index (χ1n) is 12.0. The molecule has 1 aliphatic rings. The second-order valence-corrected chi connectivity index (χ2v) is 10.8. The highest BCUT2D eigenvalue weighted by Gasteiger charge is 2.28. The molecule has 5 heterocycles. The molecule has 1 aliphatic heterocycles. The zero-order valence-electron chi connectivity index (χ0n) is 20.4. The number of nitrogens with one attached hydrogen (secondary N) is 1. The first-order valence-corrected chi connectivity index (χ1v) is 13.9. The molecule has 0 bridgehead atoms. The molecule has 0 radical (unpaired) electrons. The summed E-state index contributed by atoms with van der Waals surface area (Å²) >= 11 is 0. The van der Waals surface area contributed by atoms with Gasteiger partial charge < -0.3 is 4.90 Å². The third-order valence-electron chi connectivity index (χ3n) is 6.33. The summed E-state index contributed by atoms with van der Waals surface area (Å²) in [5.74, 6) is 0.493. The van der Waals surface area contributed by atoms with Gasteiger partial charge in [-0.15, -0.1) is 5.10 Å². The number of hydrogen-bond acceptors (Lipinski definition) is 8. The third-order valence-corrected chi connectivity index (χ3v) is 6.89. The molecule has 0 amide bonds. The van der Waals surface area contributed by atoms with Crippen LogP contribution in [0.1, 0.15) is 24.4 Å². The van der Waals surface area contributed by atoms with E-state index in [-0.39, 0.29) is 17.8 Å². The van der Waals surface area contributed by atoms with Crippen molar-refractivity contribution in [2.24, 2.45) is 0 Å². The monoisotopic (exact) mass is 530 g/mol. The van der Waals surface area contributed by atoms with E-state index in [0.717, 1.165) is 37.0 Å². The average Bonchev–Trinajstić information content (AvgIpc) is 3.55. The molecule has 38 heavy (non-hydrogen) atoms. The number of halogens is 1. The lowest BCUT2D eigenvalue weighted by atomic mass is 10.0. The van der Waals surface area contributed by atoms with Gasteiger partial charge in [-0.25, -0.2) is 37.3 Å². The van der Waals surface area contributed by atoms with E-state index in [0.29, 0.717) is 28.4 Å². The Labute approximate surface area is 218 Å². The molecule has 0 unspecified atom stereocenters. The summed E-state index contributed by atoms with van der Waals surface area (Å²) in [6.45, 7) is 0.814. The molecule has 5 aromatic rings. The van der Waals surface area contributed by atoms with Crippen LogP contribution < -0.4 is 9.62 Å². The fourth-order valence-corrected chi connectivity index (χ4v) is 5.16. The number of nitrogens with zero attached hydrogens (tertiary/aromatic N) is 7. The van der Waals surface area contributed by atoms with Crippen molar-refractivity contribution in [3.05, 3.63) is 84.4 Å². The van der Waals surface area contributed by atoms with Gasteiger partial charge in [0.15, 0.2) is 5.65 Å². The van der Waals surface area contributed by atoms with Crippen LogP contribution >= 0.6 is 0 Å². The van der Waals surface area contributed by atoms with Crippen molar-refractivity contribution in [2.75, 3.05) is 22.4 Å². The van der Waals surface area contributed by atoms with Crippen LogP contribution in [-0.2, 0) is 10.0 Å². The molecule has 12 heteroatoms. The normalized spacial score (nSPS) is 15.7. The minimum absolute atomic E-state index is 0.0308. The van der Waals surface area contributed by atoms with Gasteiger partial charge in [-0.1, -0.05) is 18.2 Å². The molecule has 10 nitrogen and oxygen atoms in total. The van der Waals surface area contributed by atoms with E-state index in [1.807, 2.05) is 30.3 Å². The first kappa shape index (κ1) is 23.9. The maximum Gasteiger partial charge on any atom is 0.237 e. The predicted molar refractivity (Wildman–Crippen MR) is 141 cm³/mol. The van der Waals surface area contributed by atoms with Crippen LogP contribution in [0.5, 0.6) is 0 Å². The van der Waals surface area contributed by atoms with Crippen molar-refractivity contribution in [1.29, 1.82) is 0 Å². The number of aromatic nitrogens is 6. The first-order chi connectivity index (χ1) is 18.3. The quantitative estimate of drug-likeness (QED) is 0.349. The molecule has 1 fully saturated rings. The Kier molecular flexibility index (Phi) is 5.95. The van der Waals surface area contributed by atoms with E-state index in [2.05, 4.69) is 24.6 Å². The highest BCUT2D eigenvalue weighted by atomic mass is 32.2. The zero-order chi connectivity index (χ0) is 26.3. The SMILES string of the molecule is CS(=O)(=O)Nc1nccc(-c2cccc(-c3cnc4ccc(N5CCC[C@@H]5c5cccc(F)c5)nn34)n2)n1. The molecule has 1 aromatic carbocycles. The summed E-state index contributed by atoms with van der Waals surface area (Å²) in [7, 11) is -3.52. The van der Waals surface area contributed by atoms with Gasteiger partial charge in [0.2, 0.25) is 16.0 Å². The topological polar surface area (TPSA) is 118 Å².